The lowest BCUT2D eigenvalue weighted by atomic mass is 9.92. The summed E-state index contributed by atoms with van der Waals surface area (Å²) >= 11 is 13.6. The van der Waals surface area contributed by atoms with Gasteiger partial charge < -0.3 is 10.2 Å². The SMILES string of the molecule is CC(NCC(C)(C)CN(C)C)c1cc(Cl)sc1Cl. The summed E-state index contributed by atoms with van der Waals surface area (Å²) in [6, 6.07) is 2.17. The minimum atomic E-state index is 0.225. The molecule has 0 spiro atoms. The topological polar surface area (TPSA) is 15.3 Å². The Morgan fingerprint density at radius 2 is 2.00 bits per heavy atom. The Labute approximate surface area is 124 Å². The summed E-state index contributed by atoms with van der Waals surface area (Å²) in [6.45, 7) is 8.63. The summed E-state index contributed by atoms with van der Waals surface area (Å²) in [5.41, 5.74) is 1.32. The van der Waals surface area contributed by atoms with Crippen molar-refractivity contribution < 1.29 is 0 Å². The third-order valence-corrected chi connectivity index (χ3v) is 4.30. The number of halogens is 2. The van der Waals surface area contributed by atoms with E-state index in [0.29, 0.717) is 0 Å². The Kier molecular flexibility index (Phi) is 5.94. The Hall–Kier alpha value is 0.200. The number of nitrogens with zero attached hydrogens (tertiary/aromatic N) is 1. The van der Waals surface area contributed by atoms with Crippen molar-refractivity contribution in [3.05, 3.63) is 20.3 Å². The highest BCUT2D eigenvalue weighted by Crippen LogP contribution is 2.35. The molecule has 0 aliphatic carbocycles. The van der Waals surface area contributed by atoms with Crippen LogP contribution in [0.4, 0.5) is 0 Å². The molecule has 2 nitrogen and oxygen atoms in total. The van der Waals surface area contributed by atoms with Crippen molar-refractivity contribution in [3.8, 4) is 0 Å². The van der Waals surface area contributed by atoms with E-state index in [1.54, 1.807) is 0 Å². The summed E-state index contributed by atoms with van der Waals surface area (Å²) in [5.74, 6) is 0. The number of hydrogen-bond acceptors (Lipinski definition) is 3. The lowest BCUT2D eigenvalue weighted by molar-refractivity contribution is 0.227. The number of thiophene rings is 1. The molecule has 0 bridgehead atoms. The third-order valence-electron chi connectivity index (χ3n) is 2.78. The Balaban J connectivity index is 2.55. The molecule has 0 aromatic carbocycles. The number of rotatable bonds is 6. The summed E-state index contributed by atoms with van der Waals surface area (Å²) in [6.07, 6.45) is 0. The van der Waals surface area contributed by atoms with E-state index in [2.05, 4.69) is 45.1 Å². The van der Waals surface area contributed by atoms with E-state index in [1.807, 2.05) is 6.07 Å². The van der Waals surface area contributed by atoms with Gasteiger partial charge in [-0.3, -0.25) is 0 Å². The summed E-state index contributed by atoms with van der Waals surface area (Å²) in [5, 5.41) is 3.54. The van der Waals surface area contributed by atoms with Gasteiger partial charge in [-0.05, 0) is 38.1 Å². The van der Waals surface area contributed by atoms with Crippen molar-refractivity contribution in [2.45, 2.75) is 26.8 Å². The second-order valence-electron chi connectivity index (χ2n) is 5.78. The maximum absolute atomic E-state index is 6.16. The molecule has 1 N–H and O–H groups in total. The molecule has 0 saturated heterocycles. The van der Waals surface area contributed by atoms with Gasteiger partial charge >= 0.3 is 0 Å². The Morgan fingerprint density at radius 1 is 1.39 bits per heavy atom. The first-order valence-corrected chi connectivity index (χ1v) is 7.61. The molecule has 1 rings (SSSR count). The van der Waals surface area contributed by atoms with E-state index in [9.17, 15) is 0 Å². The van der Waals surface area contributed by atoms with Gasteiger partial charge in [0.15, 0.2) is 0 Å². The van der Waals surface area contributed by atoms with Gasteiger partial charge in [-0.15, -0.1) is 11.3 Å². The number of hydrogen-bond donors (Lipinski definition) is 1. The molecule has 0 aliphatic heterocycles. The largest absolute Gasteiger partial charge is 0.310 e. The molecule has 5 heteroatoms. The monoisotopic (exact) mass is 308 g/mol. The molecule has 1 atom stereocenters. The normalized spacial score (nSPS) is 14.2. The molecule has 1 aromatic heterocycles. The van der Waals surface area contributed by atoms with Gasteiger partial charge in [0.1, 0.15) is 0 Å². The van der Waals surface area contributed by atoms with Crippen molar-refractivity contribution in [1.82, 2.24) is 10.2 Å². The van der Waals surface area contributed by atoms with Crippen LogP contribution in [0, 0.1) is 5.41 Å². The molecule has 1 unspecified atom stereocenters. The number of nitrogens with one attached hydrogen (secondary N) is 1. The van der Waals surface area contributed by atoms with Gasteiger partial charge in [0.25, 0.3) is 0 Å². The molecule has 1 heterocycles. The second kappa shape index (κ2) is 6.58. The van der Waals surface area contributed by atoms with Crippen LogP contribution < -0.4 is 5.32 Å². The summed E-state index contributed by atoms with van der Waals surface area (Å²) < 4.78 is 1.53. The van der Waals surface area contributed by atoms with Crippen molar-refractivity contribution in [2.75, 3.05) is 27.2 Å². The molecule has 18 heavy (non-hydrogen) atoms. The molecular formula is C13H22Cl2N2S. The molecule has 0 amide bonds. The van der Waals surface area contributed by atoms with E-state index < -0.39 is 0 Å². The fourth-order valence-corrected chi connectivity index (χ4v) is 3.75. The van der Waals surface area contributed by atoms with Crippen LogP contribution in [0.5, 0.6) is 0 Å². The van der Waals surface area contributed by atoms with E-state index in [-0.39, 0.29) is 11.5 Å². The standard InChI is InChI=1S/C13H22Cl2N2S/c1-9(10-6-11(14)18-12(10)15)16-7-13(2,3)8-17(4)5/h6,9,16H,7-8H2,1-5H3. The van der Waals surface area contributed by atoms with Crippen LogP contribution in [0.1, 0.15) is 32.4 Å². The Morgan fingerprint density at radius 3 is 2.44 bits per heavy atom. The van der Waals surface area contributed by atoms with Gasteiger partial charge in [0.05, 0.1) is 8.67 Å². The van der Waals surface area contributed by atoms with Crippen LogP contribution in [-0.4, -0.2) is 32.1 Å². The predicted molar refractivity (Wildman–Crippen MR) is 83.1 cm³/mol. The van der Waals surface area contributed by atoms with E-state index in [0.717, 1.165) is 27.3 Å². The average molecular weight is 309 g/mol. The van der Waals surface area contributed by atoms with E-state index in [4.69, 9.17) is 23.2 Å². The highest BCUT2D eigenvalue weighted by Gasteiger charge is 2.21. The molecule has 0 fully saturated rings. The fourth-order valence-electron chi connectivity index (χ4n) is 2.10. The van der Waals surface area contributed by atoms with Crippen LogP contribution in [0.25, 0.3) is 0 Å². The highest BCUT2D eigenvalue weighted by atomic mass is 35.5. The first-order valence-electron chi connectivity index (χ1n) is 6.04. The van der Waals surface area contributed by atoms with Crippen LogP contribution in [0.3, 0.4) is 0 Å². The van der Waals surface area contributed by atoms with Crippen molar-refractivity contribution in [3.63, 3.8) is 0 Å². The van der Waals surface area contributed by atoms with Gasteiger partial charge in [-0.1, -0.05) is 37.0 Å². The zero-order valence-electron chi connectivity index (χ0n) is 11.7. The second-order valence-corrected chi connectivity index (χ2v) is 8.07. The van der Waals surface area contributed by atoms with Crippen LogP contribution in [-0.2, 0) is 0 Å². The Bertz CT molecular complexity index is 388. The fraction of sp³-hybridized carbons (Fsp3) is 0.692. The lowest BCUT2D eigenvalue weighted by Crippen LogP contribution is -2.38. The van der Waals surface area contributed by atoms with Crippen molar-refractivity contribution >= 4 is 34.5 Å². The van der Waals surface area contributed by atoms with Gasteiger partial charge in [0.2, 0.25) is 0 Å². The van der Waals surface area contributed by atoms with Crippen LogP contribution >= 0.6 is 34.5 Å². The molecular weight excluding hydrogens is 287 g/mol. The first-order chi connectivity index (χ1) is 8.21. The van der Waals surface area contributed by atoms with Crippen LogP contribution in [0.15, 0.2) is 6.07 Å². The first kappa shape index (κ1) is 16.3. The third kappa shape index (κ3) is 5.06. The molecule has 0 aliphatic rings. The molecule has 0 saturated carbocycles. The highest BCUT2D eigenvalue weighted by molar-refractivity contribution is 7.20. The maximum Gasteiger partial charge on any atom is 0.0991 e. The maximum atomic E-state index is 6.16. The predicted octanol–water partition coefficient (Wildman–Crippen LogP) is 4.29. The molecule has 0 radical (unpaired) electrons. The lowest BCUT2D eigenvalue weighted by Gasteiger charge is -2.30. The smallest absolute Gasteiger partial charge is 0.0991 e. The zero-order chi connectivity index (χ0) is 13.9. The molecule has 1 aromatic rings. The molecule has 104 valence electrons. The van der Waals surface area contributed by atoms with Crippen molar-refractivity contribution in [1.29, 1.82) is 0 Å². The quantitative estimate of drug-likeness (QED) is 0.843. The van der Waals surface area contributed by atoms with Crippen molar-refractivity contribution in [2.24, 2.45) is 5.41 Å². The van der Waals surface area contributed by atoms with E-state index >= 15 is 0 Å². The van der Waals surface area contributed by atoms with Gasteiger partial charge in [-0.25, -0.2) is 0 Å². The zero-order valence-corrected chi connectivity index (χ0v) is 14.0. The van der Waals surface area contributed by atoms with Gasteiger partial charge in [0, 0.05) is 19.1 Å². The van der Waals surface area contributed by atoms with E-state index in [1.165, 1.54) is 11.3 Å². The minimum Gasteiger partial charge on any atom is -0.310 e. The van der Waals surface area contributed by atoms with Crippen LogP contribution in [0.2, 0.25) is 8.67 Å². The average Bonchev–Trinajstić information content (AvgIpc) is 2.52. The van der Waals surface area contributed by atoms with Gasteiger partial charge in [-0.2, -0.15) is 0 Å². The summed E-state index contributed by atoms with van der Waals surface area (Å²) in [7, 11) is 4.20. The summed E-state index contributed by atoms with van der Waals surface area (Å²) in [4.78, 5) is 2.21. The minimum absolute atomic E-state index is 0.225.